The standard InChI is InChI=1S/C32H37F3N4O5/c33-32(34,35)27-25(28(40)38-31(29(41)42)22-12-19-11-20(14-22)15-23(31)13-19)17-36-30(37-27)39-7-3-21-16-24(1-2-26(21)39)44-10-6-18-4-8-43-9-5-18/h1-2,16-20,22-23H,3-15H2,(H,38,40)(H,41,42). The second-order valence-electron chi connectivity index (χ2n) is 13.2. The highest BCUT2D eigenvalue weighted by molar-refractivity contribution is 5.99. The lowest BCUT2D eigenvalue weighted by atomic mass is 9.48. The third kappa shape index (κ3) is 5.18. The number of carboxylic acid groups (broad SMARTS) is 1. The van der Waals surface area contributed by atoms with Crippen LogP contribution in [0.2, 0.25) is 0 Å². The minimum atomic E-state index is -4.95. The minimum Gasteiger partial charge on any atom is -0.494 e. The van der Waals surface area contributed by atoms with Crippen LogP contribution in [0.5, 0.6) is 5.75 Å². The Hall–Kier alpha value is -3.41. The highest BCUT2D eigenvalue weighted by Crippen LogP contribution is 2.58. The van der Waals surface area contributed by atoms with Gasteiger partial charge < -0.3 is 24.8 Å². The fraction of sp³-hybridized carbons (Fsp3) is 0.625. The summed E-state index contributed by atoms with van der Waals surface area (Å²) in [5.41, 5.74) is -2.11. The van der Waals surface area contributed by atoms with Crippen molar-refractivity contribution in [2.24, 2.45) is 29.6 Å². The average Bonchev–Trinajstić information content (AvgIpc) is 3.41. The number of alkyl halides is 3. The molecule has 4 bridgehead atoms. The maximum Gasteiger partial charge on any atom is 0.434 e. The number of aromatic nitrogens is 2. The molecule has 1 amide bonds. The van der Waals surface area contributed by atoms with E-state index in [2.05, 4.69) is 15.3 Å². The summed E-state index contributed by atoms with van der Waals surface area (Å²) in [5, 5.41) is 12.9. The molecule has 6 aliphatic rings. The molecule has 44 heavy (non-hydrogen) atoms. The smallest absolute Gasteiger partial charge is 0.434 e. The van der Waals surface area contributed by atoms with E-state index in [1.165, 1.54) is 0 Å². The van der Waals surface area contributed by atoms with Crippen LogP contribution in [-0.4, -0.2) is 58.9 Å². The monoisotopic (exact) mass is 614 g/mol. The zero-order valence-electron chi connectivity index (χ0n) is 24.4. The third-order valence-electron chi connectivity index (χ3n) is 10.7. The van der Waals surface area contributed by atoms with E-state index in [0.717, 1.165) is 50.7 Å². The maximum absolute atomic E-state index is 14.4. The number of hydrogen-bond acceptors (Lipinski definition) is 7. The Morgan fingerprint density at radius 3 is 2.45 bits per heavy atom. The van der Waals surface area contributed by atoms with Crippen molar-refractivity contribution in [1.82, 2.24) is 15.3 Å². The molecule has 3 heterocycles. The first kappa shape index (κ1) is 29.3. The molecule has 9 nitrogen and oxygen atoms in total. The van der Waals surface area contributed by atoms with Crippen LogP contribution in [0.4, 0.5) is 24.8 Å². The first-order valence-corrected chi connectivity index (χ1v) is 15.7. The molecule has 4 aliphatic carbocycles. The van der Waals surface area contributed by atoms with Crippen LogP contribution in [0.25, 0.3) is 0 Å². The van der Waals surface area contributed by atoms with E-state index in [0.29, 0.717) is 74.4 Å². The van der Waals surface area contributed by atoms with Gasteiger partial charge in [0.05, 0.1) is 12.2 Å². The fourth-order valence-corrected chi connectivity index (χ4v) is 8.73. The normalized spacial score (nSPS) is 29.5. The first-order valence-electron chi connectivity index (χ1n) is 15.7. The number of halogens is 3. The van der Waals surface area contributed by atoms with Crippen LogP contribution < -0.4 is 15.0 Å². The summed E-state index contributed by atoms with van der Waals surface area (Å²) >= 11 is 0. The van der Waals surface area contributed by atoms with Crippen molar-refractivity contribution < 1.29 is 37.3 Å². The van der Waals surface area contributed by atoms with Crippen molar-refractivity contribution in [2.75, 3.05) is 31.3 Å². The number of amides is 1. The van der Waals surface area contributed by atoms with Gasteiger partial charge in [0, 0.05) is 31.6 Å². The number of hydrogen-bond donors (Lipinski definition) is 2. The second-order valence-corrected chi connectivity index (χ2v) is 13.2. The number of fused-ring (bicyclic) bond motifs is 1. The number of carbonyl (C=O) groups excluding carboxylic acids is 1. The quantitative estimate of drug-likeness (QED) is 0.407. The van der Waals surface area contributed by atoms with Crippen LogP contribution in [0, 0.1) is 29.6 Å². The Kier molecular flexibility index (Phi) is 7.45. The van der Waals surface area contributed by atoms with E-state index in [-0.39, 0.29) is 17.8 Å². The van der Waals surface area contributed by atoms with E-state index in [1.54, 1.807) is 17.0 Å². The Morgan fingerprint density at radius 1 is 1.09 bits per heavy atom. The zero-order valence-corrected chi connectivity index (χ0v) is 24.4. The zero-order chi connectivity index (χ0) is 30.6. The highest BCUT2D eigenvalue weighted by atomic mass is 19.4. The summed E-state index contributed by atoms with van der Waals surface area (Å²) < 4.78 is 54.5. The number of ether oxygens (including phenoxy) is 2. The summed E-state index contributed by atoms with van der Waals surface area (Å²) in [7, 11) is 0. The summed E-state index contributed by atoms with van der Waals surface area (Å²) in [6, 6.07) is 5.50. The van der Waals surface area contributed by atoms with Crippen molar-refractivity contribution >= 4 is 23.5 Å². The number of rotatable bonds is 8. The van der Waals surface area contributed by atoms with Crippen LogP contribution in [0.15, 0.2) is 24.4 Å². The van der Waals surface area contributed by atoms with Gasteiger partial charge >= 0.3 is 12.1 Å². The van der Waals surface area contributed by atoms with Crippen molar-refractivity contribution in [2.45, 2.75) is 69.5 Å². The molecular weight excluding hydrogens is 577 g/mol. The third-order valence-corrected chi connectivity index (χ3v) is 10.7. The predicted octanol–water partition coefficient (Wildman–Crippen LogP) is 5.39. The topological polar surface area (TPSA) is 114 Å². The number of nitrogens with zero attached hydrogens (tertiary/aromatic N) is 3. The van der Waals surface area contributed by atoms with Crippen LogP contribution in [0.1, 0.15) is 73.0 Å². The SMILES string of the molecule is O=C(NC1(C(=O)O)C2CC3CC(C2)CC1C3)c1cnc(N2CCc3cc(OCCC4CCOCC4)ccc32)nc1C(F)(F)F. The van der Waals surface area contributed by atoms with Gasteiger partial charge in [-0.15, -0.1) is 0 Å². The van der Waals surface area contributed by atoms with Gasteiger partial charge in [0.1, 0.15) is 11.3 Å². The van der Waals surface area contributed by atoms with Crippen molar-refractivity contribution in [3.8, 4) is 5.75 Å². The van der Waals surface area contributed by atoms with Crippen LogP contribution in [-0.2, 0) is 22.1 Å². The van der Waals surface area contributed by atoms with Gasteiger partial charge in [-0.05, 0) is 111 Å². The van der Waals surface area contributed by atoms with E-state index >= 15 is 0 Å². The van der Waals surface area contributed by atoms with Gasteiger partial charge in [-0.1, -0.05) is 0 Å². The molecule has 0 spiro atoms. The lowest BCUT2D eigenvalue weighted by Crippen LogP contribution is -2.70. The predicted molar refractivity (Wildman–Crippen MR) is 153 cm³/mol. The average molecular weight is 615 g/mol. The van der Waals surface area contributed by atoms with E-state index in [9.17, 15) is 27.9 Å². The number of benzene rings is 1. The first-order chi connectivity index (χ1) is 21.1. The van der Waals surface area contributed by atoms with E-state index < -0.39 is 34.8 Å². The van der Waals surface area contributed by atoms with E-state index in [1.807, 2.05) is 6.07 Å². The van der Waals surface area contributed by atoms with Gasteiger partial charge in [0.25, 0.3) is 5.91 Å². The van der Waals surface area contributed by atoms with Gasteiger partial charge in [-0.3, -0.25) is 4.79 Å². The van der Waals surface area contributed by atoms with E-state index in [4.69, 9.17) is 9.47 Å². The highest BCUT2D eigenvalue weighted by Gasteiger charge is 2.62. The van der Waals surface area contributed by atoms with Crippen molar-refractivity contribution in [1.29, 1.82) is 0 Å². The summed E-state index contributed by atoms with van der Waals surface area (Å²) in [5.74, 6) is -0.910. The fourth-order valence-electron chi connectivity index (χ4n) is 8.73. The van der Waals surface area contributed by atoms with Crippen LogP contribution >= 0.6 is 0 Å². The summed E-state index contributed by atoms with van der Waals surface area (Å²) in [6.45, 7) is 2.53. The molecule has 0 unspecified atom stereocenters. The van der Waals surface area contributed by atoms with Crippen molar-refractivity contribution in [3.05, 3.63) is 41.2 Å². The molecule has 2 aromatic rings. The molecule has 236 valence electrons. The summed E-state index contributed by atoms with van der Waals surface area (Å²) in [6.07, 6.45) is 3.24. The molecule has 12 heteroatoms. The Labute approximate surface area is 253 Å². The molecule has 4 saturated carbocycles. The number of nitrogens with one attached hydrogen (secondary N) is 1. The molecule has 5 fully saturated rings. The van der Waals surface area contributed by atoms with Gasteiger partial charge in [0.15, 0.2) is 5.69 Å². The number of carboxylic acids is 1. The molecule has 0 atom stereocenters. The molecule has 2 N–H and O–H groups in total. The number of aliphatic carboxylic acids is 1. The molecule has 8 rings (SSSR count). The minimum absolute atomic E-state index is 0.164. The molecule has 0 radical (unpaired) electrons. The largest absolute Gasteiger partial charge is 0.494 e. The molecule has 1 aromatic carbocycles. The molecular formula is C32H37F3N4O5. The second kappa shape index (κ2) is 11.2. The Morgan fingerprint density at radius 2 is 1.80 bits per heavy atom. The molecule has 2 aliphatic heterocycles. The maximum atomic E-state index is 14.4. The van der Waals surface area contributed by atoms with Crippen LogP contribution in [0.3, 0.4) is 0 Å². The number of anilines is 2. The van der Waals surface area contributed by atoms with Gasteiger partial charge in [-0.25, -0.2) is 14.8 Å². The summed E-state index contributed by atoms with van der Waals surface area (Å²) in [4.78, 5) is 35.8. The molecule has 1 aromatic heterocycles. The lowest BCUT2D eigenvalue weighted by Gasteiger charge is -2.59. The Bertz CT molecular complexity index is 1420. The van der Waals surface area contributed by atoms with Crippen molar-refractivity contribution in [3.63, 3.8) is 0 Å². The van der Waals surface area contributed by atoms with Gasteiger partial charge in [-0.2, -0.15) is 13.2 Å². The lowest BCUT2D eigenvalue weighted by molar-refractivity contribution is -0.163. The number of carbonyl (C=O) groups is 2. The van der Waals surface area contributed by atoms with Gasteiger partial charge in [0.2, 0.25) is 5.95 Å². The Balaban J connectivity index is 1.10. The molecule has 1 saturated heterocycles.